The molecule has 1 N–H and O–H groups in total. The Morgan fingerprint density at radius 1 is 1.60 bits per heavy atom. The minimum Gasteiger partial charge on any atom is -0.469 e. The first-order chi connectivity index (χ1) is 6.89. The molecule has 1 unspecified atom stereocenters. The van der Waals surface area contributed by atoms with Gasteiger partial charge in [0.1, 0.15) is 10.3 Å². The summed E-state index contributed by atoms with van der Waals surface area (Å²) in [6.45, 7) is 0.394. The Labute approximate surface area is 111 Å². The number of nitrogens with one attached hydrogen (secondary N) is 1. The van der Waals surface area contributed by atoms with Gasteiger partial charge in [0, 0.05) is 6.04 Å². The maximum absolute atomic E-state index is 11.1. The lowest BCUT2D eigenvalue weighted by molar-refractivity contribution is 0.315. The van der Waals surface area contributed by atoms with E-state index in [1.165, 1.54) is 0 Å². The lowest BCUT2D eigenvalue weighted by atomic mass is 10.3. The number of thiocarbonyl (C=S) groups is 1. The molecule has 8 heteroatoms. The van der Waals surface area contributed by atoms with Gasteiger partial charge in [-0.05, 0) is 18.6 Å². The zero-order valence-electron chi connectivity index (χ0n) is 7.78. The number of ether oxygens (including phenoxy) is 1. The van der Waals surface area contributed by atoms with Crippen molar-refractivity contribution in [2.24, 2.45) is 0 Å². The van der Waals surface area contributed by atoms with Crippen LogP contribution in [0.5, 0.6) is 0 Å². The van der Waals surface area contributed by atoms with E-state index in [9.17, 15) is 8.42 Å². The maximum Gasteiger partial charge on any atom is 0.256 e. The molecule has 0 aliphatic carbocycles. The molecule has 1 fully saturated rings. The molecule has 0 radical (unpaired) electrons. The van der Waals surface area contributed by atoms with Crippen LogP contribution in [0.1, 0.15) is 6.42 Å². The summed E-state index contributed by atoms with van der Waals surface area (Å²) >= 11 is 11.4. The van der Waals surface area contributed by atoms with Crippen LogP contribution in [-0.4, -0.2) is 41.5 Å². The van der Waals surface area contributed by atoms with Crippen LogP contribution in [-0.2, 0) is 14.6 Å². The van der Waals surface area contributed by atoms with Gasteiger partial charge in [0.15, 0.2) is 9.84 Å². The van der Waals surface area contributed by atoms with E-state index >= 15 is 0 Å². The quantitative estimate of drug-likeness (QED) is 0.588. The third-order valence-corrected chi connectivity index (χ3v) is 4.43. The van der Waals surface area contributed by atoms with Crippen molar-refractivity contribution in [2.75, 3.05) is 18.1 Å². The van der Waals surface area contributed by atoms with Crippen molar-refractivity contribution < 1.29 is 13.2 Å². The maximum atomic E-state index is 11.1. The van der Waals surface area contributed by atoms with Crippen molar-refractivity contribution >= 4 is 59.1 Å². The second kappa shape index (κ2) is 5.79. The molecule has 1 rings (SSSR count). The van der Waals surface area contributed by atoms with Gasteiger partial charge < -0.3 is 10.1 Å². The average Bonchev–Trinajstić information content (AvgIpc) is 2.42. The monoisotopic (exact) mass is 379 g/mol. The van der Waals surface area contributed by atoms with Gasteiger partial charge in [-0.2, -0.15) is 0 Å². The topological polar surface area (TPSA) is 55.4 Å². The van der Waals surface area contributed by atoms with Gasteiger partial charge in [0.25, 0.3) is 5.17 Å². The van der Waals surface area contributed by atoms with Crippen LogP contribution in [0.3, 0.4) is 0 Å². The van der Waals surface area contributed by atoms with Gasteiger partial charge >= 0.3 is 0 Å². The molecule has 1 aliphatic rings. The Kier molecular flexibility index (Phi) is 5.27. The minimum absolute atomic E-state index is 0.0389. The molecule has 0 aromatic rings. The normalized spacial score (nSPS) is 24.1. The van der Waals surface area contributed by atoms with Crippen LogP contribution < -0.4 is 5.32 Å². The van der Waals surface area contributed by atoms with Crippen LogP contribution in [0, 0.1) is 0 Å². The highest BCUT2D eigenvalue weighted by atomic mass is 79.9. The fraction of sp³-hybridized carbons (Fsp3) is 0.857. The van der Waals surface area contributed by atoms with E-state index in [-0.39, 0.29) is 26.5 Å². The molecule has 4 nitrogen and oxygen atoms in total. The number of alkyl halides is 2. The molecule has 0 spiro atoms. The molecule has 0 saturated carbocycles. The first-order valence-electron chi connectivity index (χ1n) is 4.31. The molecule has 1 atom stereocenters. The van der Waals surface area contributed by atoms with Gasteiger partial charge in [-0.15, -0.1) is 0 Å². The summed E-state index contributed by atoms with van der Waals surface area (Å²) in [7, 11) is -2.87. The van der Waals surface area contributed by atoms with E-state index in [0.29, 0.717) is 13.0 Å². The molecular weight excluding hydrogens is 370 g/mol. The van der Waals surface area contributed by atoms with Crippen molar-refractivity contribution in [3.8, 4) is 0 Å². The summed E-state index contributed by atoms with van der Waals surface area (Å²) in [5.41, 5.74) is 0. The molecule has 15 heavy (non-hydrogen) atoms. The number of sulfone groups is 1. The third kappa shape index (κ3) is 5.46. The van der Waals surface area contributed by atoms with Crippen molar-refractivity contribution in [3.63, 3.8) is 0 Å². The van der Waals surface area contributed by atoms with Gasteiger partial charge in [-0.1, -0.05) is 31.9 Å². The largest absolute Gasteiger partial charge is 0.469 e. The fourth-order valence-corrected chi connectivity index (χ4v) is 3.43. The van der Waals surface area contributed by atoms with E-state index in [4.69, 9.17) is 17.0 Å². The second-order valence-electron chi connectivity index (χ2n) is 3.23. The Morgan fingerprint density at radius 3 is 2.73 bits per heavy atom. The molecular formula is C7H11Br2NO3S2. The highest BCUT2D eigenvalue weighted by Gasteiger charge is 2.28. The molecule has 0 aromatic heterocycles. The standard InChI is InChI=1S/C7H11Br2NO3S2/c8-6(9)3-13-7(14)10-5-1-2-15(11,12)4-5/h5-6H,1-4H2,(H,10,14). The molecule has 1 aliphatic heterocycles. The summed E-state index contributed by atoms with van der Waals surface area (Å²) in [5, 5.41) is 3.13. The first kappa shape index (κ1) is 13.7. The van der Waals surface area contributed by atoms with Crippen molar-refractivity contribution in [3.05, 3.63) is 0 Å². The zero-order chi connectivity index (χ0) is 11.5. The predicted octanol–water partition coefficient (Wildman–Crippen LogP) is 1.18. The summed E-state index contributed by atoms with van der Waals surface area (Å²) in [5.74, 6) is 0.370. The Bertz CT molecular complexity index is 331. The summed E-state index contributed by atoms with van der Waals surface area (Å²) < 4.78 is 27.5. The van der Waals surface area contributed by atoms with Crippen LogP contribution in [0.4, 0.5) is 0 Å². The summed E-state index contributed by atoms with van der Waals surface area (Å²) in [6.07, 6.45) is 0.595. The van der Waals surface area contributed by atoms with Crippen LogP contribution in [0.25, 0.3) is 0 Å². The third-order valence-electron chi connectivity index (χ3n) is 1.89. The van der Waals surface area contributed by atoms with E-state index in [1.54, 1.807) is 0 Å². The Balaban J connectivity index is 2.28. The van der Waals surface area contributed by atoms with E-state index in [0.717, 1.165) is 0 Å². The molecule has 1 saturated heterocycles. The molecule has 0 aromatic carbocycles. The average molecular weight is 381 g/mol. The van der Waals surface area contributed by atoms with Gasteiger partial charge in [-0.3, -0.25) is 0 Å². The number of hydrogen-bond acceptors (Lipinski definition) is 4. The van der Waals surface area contributed by atoms with Gasteiger partial charge in [0.2, 0.25) is 0 Å². The number of halogens is 2. The van der Waals surface area contributed by atoms with Gasteiger partial charge in [0.05, 0.1) is 11.5 Å². The van der Waals surface area contributed by atoms with E-state index in [1.807, 2.05) is 0 Å². The highest BCUT2D eigenvalue weighted by molar-refractivity contribution is 9.24. The number of hydrogen-bond donors (Lipinski definition) is 1. The zero-order valence-corrected chi connectivity index (χ0v) is 12.6. The SMILES string of the molecule is O=S1(=O)CCC(NC(=S)OCC(Br)Br)C1. The van der Waals surface area contributed by atoms with Crippen LogP contribution in [0.15, 0.2) is 0 Å². The first-order valence-corrected chi connectivity index (χ1v) is 8.37. The van der Waals surface area contributed by atoms with Crippen LogP contribution in [0.2, 0.25) is 0 Å². The lowest BCUT2D eigenvalue weighted by Gasteiger charge is -2.14. The number of rotatable bonds is 3. The molecule has 0 bridgehead atoms. The predicted molar refractivity (Wildman–Crippen MR) is 70.4 cm³/mol. The van der Waals surface area contributed by atoms with Crippen molar-refractivity contribution in [2.45, 2.75) is 16.2 Å². The molecule has 0 amide bonds. The van der Waals surface area contributed by atoms with E-state index < -0.39 is 9.84 Å². The van der Waals surface area contributed by atoms with Crippen molar-refractivity contribution in [1.29, 1.82) is 0 Å². The molecule has 88 valence electrons. The highest BCUT2D eigenvalue weighted by Crippen LogP contribution is 2.12. The summed E-state index contributed by atoms with van der Waals surface area (Å²) in [4.78, 5) is 0. The smallest absolute Gasteiger partial charge is 0.256 e. The fourth-order valence-electron chi connectivity index (χ4n) is 1.26. The molecule has 1 heterocycles. The van der Waals surface area contributed by atoms with Crippen LogP contribution >= 0.6 is 44.1 Å². The Morgan fingerprint density at radius 2 is 2.27 bits per heavy atom. The van der Waals surface area contributed by atoms with E-state index in [2.05, 4.69) is 37.2 Å². The Hall–Kier alpha value is 0.600. The lowest BCUT2D eigenvalue weighted by Crippen LogP contribution is -2.36. The summed E-state index contributed by atoms with van der Waals surface area (Å²) in [6, 6.07) is -0.105. The van der Waals surface area contributed by atoms with Crippen molar-refractivity contribution in [1.82, 2.24) is 5.32 Å². The van der Waals surface area contributed by atoms with Gasteiger partial charge in [-0.25, -0.2) is 8.42 Å². The second-order valence-corrected chi connectivity index (χ2v) is 9.27. The minimum atomic E-state index is -2.87.